The first-order valence-corrected chi connectivity index (χ1v) is 10.2. The third-order valence-corrected chi connectivity index (χ3v) is 5.72. The van der Waals surface area contributed by atoms with Crippen LogP contribution in [0.25, 0.3) is 11.1 Å². The number of para-hydroxylation sites is 2. The van der Waals surface area contributed by atoms with Gasteiger partial charge in [-0.15, -0.1) is 0 Å². The van der Waals surface area contributed by atoms with Crippen LogP contribution in [0.15, 0.2) is 62.6 Å². The highest BCUT2D eigenvalue weighted by molar-refractivity contribution is 7.89. The van der Waals surface area contributed by atoms with E-state index < -0.39 is 15.8 Å². The van der Waals surface area contributed by atoms with Gasteiger partial charge in [0.05, 0.1) is 16.5 Å². The van der Waals surface area contributed by atoms with Crippen LogP contribution in [0.2, 0.25) is 0 Å². The number of aromatic nitrogens is 1. The lowest BCUT2D eigenvalue weighted by molar-refractivity contribution is -0.132. The summed E-state index contributed by atoms with van der Waals surface area (Å²) in [4.78, 5) is 26.2. The van der Waals surface area contributed by atoms with Crippen molar-refractivity contribution in [1.82, 2.24) is 9.47 Å². The second kappa shape index (κ2) is 7.61. The van der Waals surface area contributed by atoms with Gasteiger partial charge in [0.1, 0.15) is 0 Å². The van der Waals surface area contributed by atoms with Crippen LogP contribution in [0.4, 0.5) is 0 Å². The van der Waals surface area contributed by atoms with Crippen LogP contribution in [-0.4, -0.2) is 30.8 Å². The Balaban J connectivity index is 1.70. The third kappa shape index (κ3) is 4.00. The second-order valence-electron chi connectivity index (χ2n) is 6.53. The average molecular weight is 403 g/mol. The number of nitrogens with zero attached hydrogens (tertiary/aromatic N) is 2. The van der Waals surface area contributed by atoms with Crippen LogP contribution in [0.5, 0.6) is 0 Å². The predicted octanol–water partition coefficient (Wildman–Crippen LogP) is 1.85. The number of rotatable bonds is 6. The Morgan fingerprint density at radius 2 is 1.82 bits per heavy atom. The molecule has 0 aliphatic carbocycles. The molecular formula is C19H21N3O5S. The van der Waals surface area contributed by atoms with Gasteiger partial charge in [0, 0.05) is 20.0 Å². The molecule has 2 N–H and O–H groups in total. The van der Waals surface area contributed by atoms with Gasteiger partial charge in [0.25, 0.3) is 0 Å². The molecule has 0 radical (unpaired) electrons. The summed E-state index contributed by atoms with van der Waals surface area (Å²) in [5.74, 6) is -0.650. The first-order valence-electron chi connectivity index (χ1n) is 8.65. The zero-order valence-electron chi connectivity index (χ0n) is 15.5. The minimum atomic E-state index is -3.76. The average Bonchev–Trinajstić information content (AvgIpc) is 2.99. The smallest absolute Gasteiger partial charge is 0.408 e. The lowest BCUT2D eigenvalue weighted by atomic mass is 10.1. The number of nitrogens with two attached hydrogens (primary N) is 1. The van der Waals surface area contributed by atoms with Gasteiger partial charge < -0.3 is 9.32 Å². The van der Waals surface area contributed by atoms with Gasteiger partial charge >= 0.3 is 5.76 Å². The number of hydrogen-bond acceptors (Lipinski definition) is 5. The fraction of sp³-hybridized carbons (Fsp3) is 0.263. The predicted molar refractivity (Wildman–Crippen MR) is 104 cm³/mol. The van der Waals surface area contributed by atoms with Gasteiger partial charge in [-0.25, -0.2) is 18.4 Å². The molecule has 0 saturated heterocycles. The van der Waals surface area contributed by atoms with E-state index in [-0.39, 0.29) is 29.8 Å². The molecule has 3 aromatic rings. The molecule has 0 fully saturated rings. The number of sulfonamides is 1. The Labute approximate surface area is 162 Å². The van der Waals surface area contributed by atoms with E-state index in [2.05, 4.69) is 0 Å². The van der Waals surface area contributed by atoms with Gasteiger partial charge in [0.15, 0.2) is 5.58 Å². The third-order valence-electron chi connectivity index (χ3n) is 4.79. The van der Waals surface area contributed by atoms with E-state index >= 15 is 0 Å². The monoisotopic (exact) mass is 403 g/mol. The van der Waals surface area contributed by atoms with Gasteiger partial charge in [-0.05, 0) is 36.8 Å². The number of oxazole rings is 1. The zero-order chi connectivity index (χ0) is 20.5. The number of primary sulfonamides is 1. The summed E-state index contributed by atoms with van der Waals surface area (Å²) in [5.41, 5.74) is 1.90. The Kier molecular flexibility index (Phi) is 5.39. The van der Waals surface area contributed by atoms with Crippen LogP contribution in [0, 0.1) is 0 Å². The summed E-state index contributed by atoms with van der Waals surface area (Å²) in [7, 11) is -2.10. The summed E-state index contributed by atoms with van der Waals surface area (Å²) >= 11 is 0. The maximum Gasteiger partial charge on any atom is 0.419 e. The lowest BCUT2D eigenvalue weighted by Crippen LogP contribution is -2.31. The molecule has 0 saturated carbocycles. The Morgan fingerprint density at radius 1 is 1.18 bits per heavy atom. The highest BCUT2D eigenvalue weighted by Gasteiger charge is 2.19. The van der Waals surface area contributed by atoms with Crippen molar-refractivity contribution in [1.29, 1.82) is 0 Å². The van der Waals surface area contributed by atoms with Crippen molar-refractivity contribution in [3.63, 3.8) is 0 Å². The van der Waals surface area contributed by atoms with Crippen LogP contribution < -0.4 is 10.9 Å². The fourth-order valence-electron chi connectivity index (χ4n) is 2.99. The Morgan fingerprint density at radius 3 is 2.46 bits per heavy atom. The number of carbonyl (C=O) groups excluding carboxylic acids is 1. The van der Waals surface area contributed by atoms with Crippen LogP contribution in [0.3, 0.4) is 0 Å². The standard InChI is InChI=1S/C19H21N3O5S/c1-13(14-7-9-15(10-8-14)28(20,25)26)21(2)18(23)11-12-22-16-5-3-4-6-17(16)27-19(22)24/h3-10,13H,11-12H2,1-2H3,(H2,20,25,26). The molecule has 1 amide bonds. The number of fused-ring (bicyclic) bond motifs is 1. The molecule has 148 valence electrons. The molecule has 1 atom stereocenters. The van der Waals surface area contributed by atoms with Crippen LogP contribution >= 0.6 is 0 Å². The molecule has 3 rings (SSSR count). The highest BCUT2D eigenvalue weighted by Crippen LogP contribution is 2.21. The number of hydrogen-bond donors (Lipinski definition) is 1. The van der Waals surface area contributed by atoms with E-state index in [1.165, 1.54) is 16.7 Å². The highest BCUT2D eigenvalue weighted by atomic mass is 32.2. The molecule has 8 nitrogen and oxygen atoms in total. The summed E-state index contributed by atoms with van der Waals surface area (Å²) < 4.78 is 29.3. The molecule has 0 aliphatic rings. The molecule has 1 heterocycles. The van der Waals surface area contributed by atoms with Crippen molar-refractivity contribution in [2.75, 3.05) is 7.05 Å². The van der Waals surface area contributed by atoms with Crippen LogP contribution in [0.1, 0.15) is 24.9 Å². The molecule has 0 spiro atoms. The van der Waals surface area contributed by atoms with Gasteiger partial charge in [-0.3, -0.25) is 9.36 Å². The van der Waals surface area contributed by atoms with E-state index in [1.807, 2.05) is 6.92 Å². The number of carbonyl (C=O) groups is 1. The van der Waals surface area contributed by atoms with Crippen molar-refractivity contribution in [3.8, 4) is 0 Å². The van der Waals surface area contributed by atoms with Crippen molar-refractivity contribution in [3.05, 3.63) is 64.6 Å². The maximum atomic E-state index is 12.6. The van der Waals surface area contributed by atoms with Crippen molar-refractivity contribution < 1.29 is 17.6 Å². The van der Waals surface area contributed by atoms with Gasteiger partial charge in [-0.1, -0.05) is 24.3 Å². The molecule has 0 aliphatic heterocycles. The van der Waals surface area contributed by atoms with E-state index in [0.717, 1.165) is 5.56 Å². The van der Waals surface area contributed by atoms with E-state index in [4.69, 9.17) is 9.56 Å². The number of aryl methyl sites for hydroxylation is 1. The largest absolute Gasteiger partial charge is 0.419 e. The van der Waals surface area contributed by atoms with Crippen molar-refractivity contribution in [2.24, 2.45) is 5.14 Å². The van der Waals surface area contributed by atoms with E-state index in [9.17, 15) is 18.0 Å². The molecule has 28 heavy (non-hydrogen) atoms. The molecular weight excluding hydrogens is 382 g/mol. The minimum absolute atomic E-state index is 0.0173. The summed E-state index contributed by atoms with van der Waals surface area (Å²) in [6.45, 7) is 2.04. The minimum Gasteiger partial charge on any atom is -0.408 e. The molecule has 2 aromatic carbocycles. The Hall–Kier alpha value is -2.91. The topological polar surface area (TPSA) is 116 Å². The molecule has 1 aromatic heterocycles. The lowest BCUT2D eigenvalue weighted by Gasteiger charge is -2.25. The van der Waals surface area contributed by atoms with Crippen molar-refractivity contribution >= 4 is 27.0 Å². The quantitative estimate of drug-likeness (QED) is 0.674. The number of benzene rings is 2. The number of amides is 1. The van der Waals surface area contributed by atoms with Gasteiger partial charge in [0.2, 0.25) is 15.9 Å². The maximum absolute atomic E-state index is 12.6. The van der Waals surface area contributed by atoms with Crippen molar-refractivity contribution in [2.45, 2.75) is 30.8 Å². The fourth-order valence-corrected chi connectivity index (χ4v) is 3.50. The normalized spacial score (nSPS) is 12.8. The van der Waals surface area contributed by atoms with Crippen LogP contribution in [-0.2, 0) is 21.4 Å². The first-order chi connectivity index (χ1) is 13.2. The summed E-state index contributed by atoms with van der Waals surface area (Å²) in [5, 5.41) is 5.10. The van der Waals surface area contributed by atoms with E-state index in [0.29, 0.717) is 11.1 Å². The second-order valence-corrected chi connectivity index (χ2v) is 8.09. The zero-order valence-corrected chi connectivity index (χ0v) is 16.3. The first kappa shape index (κ1) is 19.8. The SMILES string of the molecule is CC(c1ccc(S(N)(=O)=O)cc1)N(C)C(=O)CCn1c(=O)oc2ccccc21. The Bertz CT molecular complexity index is 1160. The molecule has 1 unspecified atom stereocenters. The van der Waals surface area contributed by atoms with Gasteiger partial charge in [-0.2, -0.15) is 0 Å². The van der Waals surface area contributed by atoms with E-state index in [1.54, 1.807) is 48.3 Å². The summed E-state index contributed by atoms with van der Waals surface area (Å²) in [6, 6.07) is 12.8. The molecule has 0 bridgehead atoms. The summed E-state index contributed by atoms with van der Waals surface area (Å²) in [6.07, 6.45) is 0.125. The molecule has 9 heteroatoms.